The number of fused-ring (bicyclic) bond motifs is 1. The Hall–Kier alpha value is -2.83. The molecule has 0 bridgehead atoms. The topological polar surface area (TPSA) is 76.0 Å². The molecule has 2 heterocycles. The third-order valence-corrected chi connectivity index (χ3v) is 4.40. The molecule has 7 heteroatoms. The molecule has 0 saturated heterocycles. The second-order valence-corrected chi connectivity index (χ2v) is 6.00. The number of hydrogen-bond donors (Lipinski definition) is 1. The summed E-state index contributed by atoms with van der Waals surface area (Å²) in [5.41, 5.74) is 3.38. The number of aromatic amines is 1. The first kappa shape index (κ1) is 17.0. The Morgan fingerprint density at radius 2 is 2.20 bits per heavy atom. The summed E-state index contributed by atoms with van der Waals surface area (Å²) in [4.78, 5) is 22.1. The van der Waals surface area contributed by atoms with Gasteiger partial charge in [-0.2, -0.15) is 5.10 Å². The molecule has 3 aromatic rings. The van der Waals surface area contributed by atoms with E-state index in [0.717, 1.165) is 34.8 Å². The van der Waals surface area contributed by atoms with E-state index in [2.05, 4.69) is 15.1 Å². The maximum Gasteiger partial charge on any atom is 0.257 e. The molecular formula is C18H23N5O2. The van der Waals surface area contributed by atoms with Crippen molar-refractivity contribution in [1.82, 2.24) is 24.6 Å². The van der Waals surface area contributed by atoms with Crippen molar-refractivity contribution in [2.75, 3.05) is 20.7 Å². The summed E-state index contributed by atoms with van der Waals surface area (Å²) < 4.78 is 7.05. The summed E-state index contributed by atoms with van der Waals surface area (Å²) in [5, 5.41) is 4.24. The van der Waals surface area contributed by atoms with E-state index in [1.54, 1.807) is 25.3 Å². The average molecular weight is 341 g/mol. The molecule has 0 radical (unpaired) electrons. The normalized spacial score (nSPS) is 11.0. The number of H-pyrrole nitrogens is 1. The molecule has 0 spiro atoms. The number of amides is 1. The minimum absolute atomic E-state index is 0.0185. The molecule has 7 nitrogen and oxygen atoms in total. The van der Waals surface area contributed by atoms with Gasteiger partial charge in [0.2, 0.25) is 0 Å². The Kier molecular flexibility index (Phi) is 4.74. The Balaban J connectivity index is 1.68. The highest BCUT2D eigenvalue weighted by atomic mass is 16.5. The van der Waals surface area contributed by atoms with Crippen LogP contribution >= 0.6 is 0 Å². The molecule has 0 aliphatic carbocycles. The number of nitrogens with one attached hydrogen (secondary N) is 1. The second-order valence-electron chi connectivity index (χ2n) is 6.00. The smallest absolute Gasteiger partial charge is 0.257 e. The van der Waals surface area contributed by atoms with Crippen molar-refractivity contribution in [2.24, 2.45) is 0 Å². The molecule has 1 aromatic carbocycles. The molecule has 0 aliphatic heterocycles. The Morgan fingerprint density at radius 3 is 2.88 bits per heavy atom. The quantitative estimate of drug-likeness (QED) is 0.747. The zero-order valence-electron chi connectivity index (χ0n) is 15.0. The molecular weight excluding hydrogens is 318 g/mol. The summed E-state index contributed by atoms with van der Waals surface area (Å²) in [6.07, 6.45) is 2.30. The number of ether oxygens (including phenoxy) is 1. The molecule has 1 amide bonds. The number of imidazole rings is 1. The van der Waals surface area contributed by atoms with Crippen molar-refractivity contribution in [2.45, 2.75) is 26.8 Å². The minimum Gasteiger partial charge on any atom is -0.497 e. The van der Waals surface area contributed by atoms with Crippen LogP contribution in [-0.2, 0) is 13.0 Å². The molecule has 0 saturated carbocycles. The summed E-state index contributed by atoms with van der Waals surface area (Å²) in [6, 6.07) is 5.73. The van der Waals surface area contributed by atoms with Crippen LogP contribution in [0.3, 0.4) is 0 Å². The van der Waals surface area contributed by atoms with Crippen LogP contribution in [0.5, 0.6) is 5.75 Å². The SMILES string of the molecule is CCn1ncc(C(=O)N(C)CCc2nc3ccc(OC)cc3[nH]2)c1C. The summed E-state index contributed by atoms with van der Waals surface area (Å²) >= 11 is 0. The Morgan fingerprint density at radius 1 is 1.40 bits per heavy atom. The molecule has 3 rings (SSSR count). The number of benzene rings is 1. The number of methoxy groups -OCH3 is 1. The van der Waals surface area contributed by atoms with Gasteiger partial charge in [-0.25, -0.2) is 4.98 Å². The van der Waals surface area contributed by atoms with Crippen molar-refractivity contribution in [3.8, 4) is 5.75 Å². The van der Waals surface area contributed by atoms with Crippen LogP contribution in [0.1, 0.15) is 28.8 Å². The lowest BCUT2D eigenvalue weighted by Crippen LogP contribution is -2.29. The molecule has 25 heavy (non-hydrogen) atoms. The molecule has 2 aromatic heterocycles. The van der Waals surface area contributed by atoms with Gasteiger partial charge < -0.3 is 14.6 Å². The highest BCUT2D eigenvalue weighted by molar-refractivity contribution is 5.94. The van der Waals surface area contributed by atoms with Crippen molar-refractivity contribution >= 4 is 16.9 Å². The number of aromatic nitrogens is 4. The molecule has 0 fully saturated rings. The van der Waals surface area contributed by atoms with Crippen LogP contribution in [0.2, 0.25) is 0 Å². The van der Waals surface area contributed by atoms with Crippen molar-refractivity contribution < 1.29 is 9.53 Å². The predicted molar refractivity (Wildman–Crippen MR) is 95.9 cm³/mol. The zero-order valence-corrected chi connectivity index (χ0v) is 15.0. The first-order chi connectivity index (χ1) is 12.0. The summed E-state index contributed by atoms with van der Waals surface area (Å²) in [5.74, 6) is 1.62. The van der Waals surface area contributed by atoms with E-state index in [-0.39, 0.29) is 5.91 Å². The van der Waals surface area contributed by atoms with E-state index >= 15 is 0 Å². The largest absolute Gasteiger partial charge is 0.497 e. The monoisotopic (exact) mass is 341 g/mol. The standard InChI is InChI=1S/C18H23N5O2/c1-5-23-12(2)14(11-19-23)18(24)22(3)9-8-17-20-15-7-6-13(25-4)10-16(15)21-17/h6-7,10-11H,5,8-9H2,1-4H3,(H,20,21). The highest BCUT2D eigenvalue weighted by Crippen LogP contribution is 2.19. The molecule has 132 valence electrons. The molecule has 0 aliphatic rings. The Labute approximate surface area is 146 Å². The first-order valence-electron chi connectivity index (χ1n) is 8.34. The predicted octanol–water partition coefficient (Wildman–Crippen LogP) is 2.41. The number of hydrogen-bond acceptors (Lipinski definition) is 4. The van der Waals surface area contributed by atoms with E-state index in [0.29, 0.717) is 18.5 Å². The van der Waals surface area contributed by atoms with Gasteiger partial charge in [-0.3, -0.25) is 9.48 Å². The van der Waals surface area contributed by atoms with Gasteiger partial charge in [0.15, 0.2) is 0 Å². The van der Waals surface area contributed by atoms with E-state index in [1.165, 1.54) is 0 Å². The number of likely N-dealkylation sites (N-methyl/N-ethyl adjacent to an activating group) is 1. The van der Waals surface area contributed by atoms with Gasteiger partial charge >= 0.3 is 0 Å². The average Bonchev–Trinajstić information content (AvgIpc) is 3.20. The van der Waals surface area contributed by atoms with Crippen molar-refractivity contribution in [3.05, 3.63) is 41.5 Å². The number of aryl methyl sites for hydroxylation is 1. The lowest BCUT2D eigenvalue weighted by atomic mass is 10.2. The number of carbonyl (C=O) groups excluding carboxylic acids is 1. The van der Waals surface area contributed by atoms with Crippen LogP contribution < -0.4 is 4.74 Å². The van der Waals surface area contributed by atoms with Crippen molar-refractivity contribution in [3.63, 3.8) is 0 Å². The lowest BCUT2D eigenvalue weighted by Gasteiger charge is -2.16. The fraction of sp³-hybridized carbons (Fsp3) is 0.389. The summed E-state index contributed by atoms with van der Waals surface area (Å²) in [7, 11) is 3.44. The fourth-order valence-corrected chi connectivity index (χ4v) is 2.84. The van der Waals surface area contributed by atoms with Gasteiger partial charge in [0.25, 0.3) is 5.91 Å². The van der Waals surface area contributed by atoms with Gasteiger partial charge in [-0.05, 0) is 26.0 Å². The van der Waals surface area contributed by atoms with E-state index in [9.17, 15) is 4.79 Å². The highest BCUT2D eigenvalue weighted by Gasteiger charge is 2.18. The fourth-order valence-electron chi connectivity index (χ4n) is 2.84. The molecule has 0 unspecified atom stereocenters. The maximum absolute atomic E-state index is 12.6. The third kappa shape index (κ3) is 3.35. The summed E-state index contributed by atoms with van der Waals surface area (Å²) in [6.45, 7) is 5.26. The second kappa shape index (κ2) is 6.96. The number of nitrogens with zero attached hydrogens (tertiary/aromatic N) is 4. The van der Waals surface area contributed by atoms with Crippen LogP contribution in [-0.4, -0.2) is 51.3 Å². The van der Waals surface area contributed by atoms with Gasteiger partial charge in [0, 0.05) is 38.3 Å². The minimum atomic E-state index is -0.0185. The Bertz CT molecular complexity index is 896. The number of carbonyl (C=O) groups is 1. The van der Waals surface area contributed by atoms with E-state index < -0.39 is 0 Å². The van der Waals surface area contributed by atoms with Gasteiger partial charge in [-0.15, -0.1) is 0 Å². The maximum atomic E-state index is 12.6. The van der Waals surface area contributed by atoms with E-state index in [1.807, 2.05) is 36.7 Å². The van der Waals surface area contributed by atoms with Crippen LogP contribution in [0.4, 0.5) is 0 Å². The first-order valence-corrected chi connectivity index (χ1v) is 8.34. The van der Waals surface area contributed by atoms with Crippen LogP contribution in [0.15, 0.2) is 24.4 Å². The van der Waals surface area contributed by atoms with Gasteiger partial charge in [-0.1, -0.05) is 0 Å². The van der Waals surface area contributed by atoms with Crippen LogP contribution in [0.25, 0.3) is 11.0 Å². The number of rotatable bonds is 6. The zero-order chi connectivity index (χ0) is 18.0. The van der Waals surface area contributed by atoms with Gasteiger partial charge in [0.1, 0.15) is 11.6 Å². The third-order valence-electron chi connectivity index (χ3n) is 4.40. The van der Waals surface area contributed by atoms with Crippen molar-refractivity contribution in [1.29, 1.82) is 0 Å². The molecule has 1 N–H and O–H groups in total. The molecule has 0 atom stereocenters. The van der Waals surface area contributed by atoms with E-state index in [4.69, 9.17) is 4.74 Å². The van der Waals surface area contributed by atoms with Gasteiger partial charge in [0.05, 0.1) is 29.9 Å². The lowest BCUT2D eigenvalue weighted by molar-refractivity contribution is 0.0795. The van der Waals surface area contributed by atoms with Crippen LogP contribution in [0, 0.1) is 6.92 Å².